The minimum absolute atomic E-state index is 0.225. The van der Waals surface area contributed by atoms with E-state index in [2.05, 4.69) is 5.32 Å². The van der Waals surface area contributed by atoms with Gasteiger partial charge in [-0.2, -0.15) is 0 Å². The van der Waals surface area contributed by atoms with E-state index >= 15 is 0 Å². The second kappa shape index (κ2) is 4.63. The van der Waals surface area contributed by atoms with Crippen LogP contribution in [0.1, 0.15) is 24.3 Å². The Bertz CT molecular complexity index is 376. The summed E-state index contributed by atoms with van der Waals surface area (Å²) < 4.78 is 40.3. The zero-order valence-electron chi connectivity index (χ0n) is 8.49. The minimum atomic E-state index is -1.12. The van der Waals surface area contributed by atoms with Crippen molar-refractivity contribution in [2.75, 3.05) is 13.1 Å². The van der Waals surface area contributed by atoms with Crippen molar-refractivity contribution in [2.45, 2.75) is 18.8 Å². The van der Waals surface area contributed by atoms with Crippen molar-refractivity contribution in [2.24, 2.45) is 0 Å². The van der Waals surface area contributed by atoms with Gasteiger partial charge in [-0.1, -0.05) is 11.6 Å². The Hall–Kier alpha value is -0.740. The molecule has 1 saturated heterocycles. The fourth-order valence-corrected chi connectivity index (χ4v) is 2.25. The van der Waals surface area contributed by atoms with Crippen molar-refractivity contribution in [3.05, 3.63) is 34.1 Å². The first-order valence-electron chi connectivity index (χ1n) is 5.15. The average molecular weight is 250 g/mol. The molecule has 0 bridgehead atoms. The molecule has 88 valence electrons. The molecule has 1 aromatic rings. The van der Waals surface area contributed by atoms with Gasteiger partial charge in [-0.05, 0) is 25.5 Å². The molecule has 0 aliphatic carbocycles. The monoisotopic (exact) mass is 249 g/mol. The van der Waals surface area contributed by atoms with Crippen LogP contribution in [0, 0.1) is 17.5 Å². The number of nitrogens with one attached hydrogen (secondary N) is 1. The van der Waals surface area contributed by atoms with Gasteiger partial charge in [0.1, 0.15) is 5.82 Å². The van der Waals surface area contributed by atoms with Crippen LogP contribution in [0.5, 0.6) is 0 Å². The van der Waals surface area contributed by atoms with Crippen molar-refractivity contribution in [3.63, 3.8) is 0 Å². The van der Waals surface area contributed by atoms with Gasteiger partial charge in [0.25, 0.3) is 0 Å². The van der Waals surface area contributed by atoms with Crippen LogP contribution in [0.15, 0.2) is 6.07 Å². The van der Waals surface area contributed by atoms with E-state index in [0.29, 0.717) is 19.0 Å². The number of hydrogen-bond donors (Lipinski definition) is 1. The third-order valence-electron chi connectivity index (χ3n) is 2.85. The van der Waals surface area contributed by atoms with Gasteiger partial charge in [0, 0.05) is 18.0 Å². The molecule has 5 heteroatoms. The summed E-state index contributed by atoms with van der Waals surface area (Å²) in [4.78, 5) is 0. The lowest BCUT2D eigenvalue weighted by molar-refractivity contribution is 0.412. The van der Waals surface area contributed by atoms with Crippen LogP contribution < -0.4 is 5.32 Å². The molecule has 0 saturated carbocycles. The molecule has 1 fully saturated rings. The first-order valence-corrected chi connectivity index (χ1v) is 5.52. The van der Waals surface area contributed by atoms with Gasteiger partial charge in [-0.15, -0.1) is 0 Å². The van der Waals surface area contributed by atoms with Crippen LogP contribution in [-0.4, -0.2) is 13.1 Å². The largest absolute Gasteiger partial charge is 0.316 e. The lowest BCUT2D eigenvalue weighted by atomic mass is 9.90. The summed E-state index contributed by atoms with van der Waals surface area (Å²) in [5, 5.41) is 2.67. The molecule has 1 aliphatic rings. The van der Waals surface area contributed by atoms with Gasteiger partial charge >= 0.3 is 0 Å². The van der Waals surface area contributed by atoms with Crippen molar-refractivity contribution in [3.8, 4) is 0 Å². The molecule has 0 radical (unpaired) electrons. The SMILES string of the molecule is Fc1cc(Cl)c(F)c(C2CCCNC2)c1F. The van der Waals surface area contributed by atoms with Crippen LogP contribution >= 0.6 is 11.6 Å². The Morgan fingerprint density at radius 1 is 1.25 bits per heavy atom. The van der Waals surface area contributed by atoms with Gasteiger partial charge < -0.3 is 5.32 Å². The summed E-state index contributed by atoms with van der Waals surface area (Å²) >= 11 is 5.51. The number of benzene rings is 1. The van der Waals surface area contributed by atoms with Crippen LogP contribution in [0.4, 0.5) is 13.2 Å². The quantitative estimate of drug-likeness (QED) is 0.754. The molecule has 1 aliphatic heterocycles. The van der Waals surface area contributed by atoms with Gasteiger partial charge in [-0.3, -0.25) is 0 Å². The highest BCUT2D eigenvalue weighted by Crippen LogP contribution is 2.32. The van der Waals surface area contributed by atoms with Crippen LogP contribution in [0.25, 0.3) is 0 Å². The van der Waals surface area contributed by atoms with E-state index in [-0.39, 0.29) is 16.5 Å². The van der Waals surface area contributed by atoms with Gasteiger partial charge in [0.15, 0.2) is 11.6 Å². The smallest absolute Gasteiger partial charge is 0.165 e. The second-order valence-corrected chi connectivity index (χ2v) is 4.33. The maximum atomic E-state index is 13.7. The molecule has 1 aromatic carbocycles. The topological polar surface area (TPSA) is 12.0 Å². The lowest BCUT2D eigenvalue weighted by Crippen LogP contribution is -2.29. The highest BCUT2D eigenvalue weighted by Gasteiger charge is 2.26. The molecular weight excluding hydrogens is 239 g/mol. The predicted octanol–water partition coefficient (Wildman–Crippen LogP) is 3.22. The van der Waals surface area contributed by atoms with Crippen LogP contribution in [0.2, 0.25) is 5.02 Å². The third-order valence-corrected chi connectivity index (χ3v) is 3.13. The number of halogens is 4. The lowest BCUT2D eigenvalue weighted by Gasteiger charge is -2.24. The molecule has 1 heterocycles. The molecule has 1 unspecified atom stereocenters. The summed E-state index contributed by atoms with van der Waals surface area (Å²) in [5.74, 6) is -3.39. The number of piperidine rings is 1. The van der Waals surface area contributed by atoms with E-state index < -0.39 is 17.5 Å². The van der Waals surface area contributed by atoms with E-state index in [9.17, 15) is 13.2 Å². The first kappa shape index (κ1) is 11.7. The Balaban J connectivity index is 2.45. The van der Waals surface area contributed by atoms with Crippen molar-refractivity contribution >= 4 is 11.6 Å². The van der Waals surface area contributed by atoms with Crippen molar-refractivity contribution in [1.29, 1.82) is 0 Å². The third kappa shape index (κ3) is 2.04. The van der Waals surface area contributed by atoms with Crippen LogP contribution in [0.3, 0.4) is 0 Å². The first-order chi connectivity index (χ1) is 7.61. The number of hydrogen-bond acceptors (Lipinski definition) is 1. The maximum Gasteiger partial charge on any atom is 0.165 e. The predicted molar refractivity (Wildman–Crippen MR) is 56.2 cm³/mol. The Morgan fingerprint density at radius 2 is 2.00 bits per heavy atom. The highest BCUT2D eigenvalue weighted by molar-refractivity contribution is 6.30. The molecule has 1 atom stereocenters. The standard InChI is InChI=1S/C11H11ClF3N/c12-7-4-8(13)11(15)9(10(7)14)6-2-1-3-16-5-6/h4,6,16H,1-3,5H2. The molecule has 1 nitrogen and oxygen atoms in total. The minimum Gasteiger partial charge on any atom is -0.316 e. The second-order valence-electron chi connectivity index (χ2n) is 3.93. The zero-order chi connectivity index (χ0) is 11.7. The molecule has 1 N–H and O–H groups in total. The van der Waals surface area contributed by atoms with E-state index in [4.69, 9.17) is 11.6 Å². The normalized spacial score (nSPS) is 21.1. The summed E-state index contributed by atoms with van der Waals surface area (Å²) in [7, 11) is 0. The zero-order valence-corrected chi connectivity index (χ0v) is 9.25. The molecule has 16 heavy (non-hydrogen) atoms. The van der Waals surface area contributed by atoms with Crippen LogP contribution in [-0.2, 0) is 0 Å². The van der Waals surface area contributed by atoms with Gasteiger partial charge in [-0.25, -0.2) is 13.2 Å². The summed E-state index contributed by atoms with van der Waals surface area (Å²) in [6.07, 6.45) is 1.46. The van der Waals surface area contributed by atoms with E-state index in [1.807, 2.05) is 0 Å². The Morgan fingerprint density at radius 3 is 2.62 bits per heavy atom. The van der Waals surface area contributed by atoms with E-state index in [0.717, 1.165) is 13.0 Å². The highest BCUT2D eigenvalue weighted by atomic mass is 35.5. The van der Waals surface area contributed by atoms with Gasteiger partial charge in [0.2, 0.25) is 0 Å². The Kier molecular flexibility index (Phi) is 3.40. The maximum absolute atomic E-state index is 13.7. The molecule has 0 aromatic heterocycles. The summed E-state index contributed by atoms with van der Waals surface area (Å²) in [6, 6.07) is 0.673. The fourth-order valence-electron chi connectivity index (χ4n) is 2.05. The van der Waals surface area contributed by atoms with E-state index in [1.165, 1.54) is 0 Å². The fraction of sp³-hybridized carbons (Fsp3) is 0.455. The van der Waals surface area contributed by atoms with E-state index in [1.54, 1.807) is 0 Å². The average Bonchev–Trinajstić information content (AvgIpc) is 2.28. The molecular formula is C11H11ClF3N. The summed E-state index contributed by atoms with van der Waals surface area (Å²) in [6.45, 7) is 1.27. The number of rotatable bonds is 1. The summed E-state index contributed by atoms with van der Waals surface area (Å²) in [5.41, 5.74) is -0.225. The molecule has 0 spiro atoms. The molecule has 0 amide bonds. The Labute approximate surface area is 96.6 Å². The van der Waals surface area contributed by atoms with Crippen molar-refractivity contribution in [1.82, 2.24) is 5.32 Å². The van der Waals surface area contributed by atoms with Gasteiger partial charge in [0.05, 0.1) is 5.02 Å². The molecule has 2 rings (SSSR count). The van der Waals surface area contributed by atoms with Crippen molar-refractivity contribution < 1.29 is 13.2 Å².